The molecule has 35 heavy (non-hydrogen) atoms. The number of carbonyl (C=O) groups is 2. The number of nitrogens with one attached hydrogen (secondary N) is 1. The van der Waals surface area contributed by atoms with E-state index in [1.165, 1.54) is 0 Å². The van der Waals surface area contributed by atoms with Crippen LogP contribution in [-0.4, -0.2) is 28.3 Å². The molecule has 0 aromatic heterocycles. The van der Waals surface area contributed by atoms with E-state index >= 15 is 0 Å². The van der Waals surface area contributed by atoms with Gasteiger partial charge in [0.1, 0.15) is 6.04 Å². The van der Waals surface area contributed by atoms with Crippen molar-refractivity contribution in [1.29, 1.82) is 0 Å². The third kappa shape index (κ3) is 8.12. The molecule has 0 saturated heterocycles. The first-order chi connectivity index (χ1) is 16.5. The van der Waals surface area contributed by atoms with Crippen molar-refractivity contribution < 1.29 is 9.59 Å². The summed E-state index contributed by atoms with van der Waals surface area (Å²) in [6.45, 7) is 8.04. The smallest absolute Gasteiger partial charge is 0.243 e. The molecule has 0 bridgehead atoms. The zero-order valence-corrected chi connectivity index (χ0v) is 22.2. The average Bonchev–Trinajstić information content (AvgIpc) is 2.79. The third-order valence-corrected chi connectivity index (χ3v) is 6.32. The quantitative estimate of drug-likeness (QED) is 0.381. The Morgan fingerprint density at radius 1 is 0.857 bits per heavy atom. The molecule has 184 valence electrons. The van der Waals surface area contributed by atoms with Crippen LogP contribution in [0.25, 0.3) is 0 Å². The minimum Gasteiger partial charge on any atom is -0.350 e. The molecule has 0 aliphatic carbocycles. The number of carbonyl (C=O) groups excluding carboxylic acids is 2. The van der Waals surface area contributed by atoms with Gasteiger partial charge in [0.2, 0.25) is 11.8 Å². The molecule has 0 radical (unpaired) electrons. The standard InChI is InChI=1S/C29H32Cl2N2O2/c1-20-10-12-22(13-11-20)18-27(34)33(19-23-14-15-24(30)25(31)16-23)26(28(35)32-29(2,3)4)17-21-8-6-5-7-9-21/h5-16,26H,17-19H2,1-4H3,(H,32,35)/t26-/m1/s1. The molecule has 4 nitrogen and oxygen atoms in total. The van der Waals surface area contributed by atoms with Crippen LogP contribution in [0, 0.1) is 6.92 Å². The van der Waals surface area contributed by atoms with Crippen LogP contribution in [0.4, 0.5) is 0 Å². The van der Waals surface area contributed by atoms with Crippen LogP contribution in [0.2, 0.25) is 10.0 Å². The van der Waals surface area contributed by atoms with Crippen LogP contribution in [0.3, 0.4) is 0 Å². The van der Waals surface area contributed by atoms with Gasteiger partial charge in [0.05, 0.1) is 16.5 Å². The van der Waals surface area contributed by atoms with Crippen molar-refractivity contribution in [3.63, 3.8) is 0 Å². The summed E-state index contributed by atoms with van der Waals surface area (Å²) in [7, 11) is 0. The van der Waals surface area contributed by atoms with Gasteiger partial charge in [0, 0.05) is 18.5 Å². The zero-order valence-electron chi connectivity index (χ0n) is 20.6. The Bertz CT molecular complexity index is 1160. The number of hydrogen-bond donors (Lipinski definition) is 1. The van der Waals surface area contributed by atoms with Gasteiger partial charge in [-0.2, -0.15) is 0 Å². The maximum absolute atomic E-state index is 13.7. The number of aryl methyl sites for hydroxylation is 1. The fraction of sp³-hybridized carbons (Fsp3) is 0.310. The summed E-state index contributed by atoms with van der Waals surface area (Å²) in [6, 6.07) is 22.2. The molecule has 2 amide bonds. The second-order valence-electron chi connectivity index (χ2n) is 9.88. The number of benzene rings is 3. The molecule has 1 atom stereocenters. The van der Waals surface area contributed by atoms with E-state index in [-0.39, 0.29) is 24.8 Å². The van der Waals surface area contributed by atoms with Crippen LogP contribution < -0.4 is 5.32 Å². The molecule has 3 aromatic rings. The fourth-order valence-electron chi connectivity index (χ4n) is 3.82. The van der Waals surface area contributed by atoms with Gasteiger partial charge in [0.25, 0.3) is 0 Å². The summed E-state index contributed by atoms with van der Waals surface area (Å²) in [4.78, 5) is 29.0. The van der Waals surface area contributed by atoms with Crippen molar-refractivity contribution in [2.75, 3.05) is 0 Å². The summed E-state index contributed by atoms with van der Waals surface area (Å²) >= 11 is 12.4. The van der Waals surface area contributed by atoms with Gasteiger partial charge >= 0.3 is 0 Å². The van der Waals surface area contributed by atoms with Crippen LogP contribution in [0.1, 0.15) is 43.0 Å². The molecule has 0 aliphatic rings. The Morgan fingerprint density at radius 2 is 1.49 bits per heavy atom. The Morgan fingerprint density at radius 3 is 2.09 bits per heavy atom. The highest BCUT2D eigenvalue weighted by Gasteiger charge is 2.32. The van der Waals surface area contributed by atoms with Gasteiger partial charge < -0.3 is 10.2 Å². The number of nitrogens with zero attached hydrogens (tertiary/aromatic N) is 1. The predicted octanol–water partition coefficient (Wildman–Crippen LogP) is 6.40. The van der Waals surface area contributed by atoms with E-state index in [1.807, 2.05) is 88.4 Å². The first kappa shape index (κ1) is 26.8. The summed E-state index contributed by atoms with van der Waals surface area (Å²) < 4.78 is 0. The third-order valence-electron chi connectivity index (χ3n) is 5.58. The van der Waals surface area contributed by atoms with Gasteiger partial charge in [-0.1, -0.05) is 89.4 Å². The summed E-state index contributed by atoms with van der Waals surface area (Å²) in [6.07, 6.45) is 0.583. The molecule has 3 rings (SSSR count). The highest BCUT2D eigenvalue weighted by molar-refractivity contribution is 6.42. The molecule has 0 fully saturated rings. The summed E-state index contributed by atoms with van der Waals surface area (Å²) in [5, 5.41) is 3.93. The highest BCUT2D eigenvalue weighted by Crippen LogP contribution is 2.25. The minimum absolute atomic E-state index is 0.134. The summed E-state index contributed by atoms with van der Waals surface area (Å²) in [5.41, 5.74) is 3.36. The van der Waals surface area contributed by atoms with E-state index in [0.717, 1.165) is 22.3 Å². The van der Waals surface area contributed by atoms with Gasteiger partial charge in [-0.25, -0.2) is 0 Å². The zero-order chi connectivity index (χ0) is 25.6. The molecule has 0 aliphatic heterocycles. The average molecular weight is 511 g/mol. The first-order valence-corrected chi connectivity index (χ1v) is 12.4. The van der Waals surface area contributed by atoms with Crippen molar-refractivity contribution in [2.45, 2.75) is 58.7 Å². The Kier molecular flexibility index (Phi) is 8.98. The van der Waals surface area contributed by atoms with E-state index in [1.54, 1.807) is 17.0 Å². The second-order valence-corrected chi connectivity index (χ2v) is 10.7. The van der Waals surface area contributed by atoms with Gasteiger partial charge in [-0.15, -0.1) is 0 Å². The first-order valence-electron chi connectivity index (χ1n) is 11.7. The van der Waals surface area contributed by atoms with Crippen molar-refractivity contribution in [3.05, 3.63) is 105 Å². The number of rotatable bonds is 8. The second kappa shape index (κ2) is 11.7. The van der Waals surface area contributed by atoms with Gasteiger partial charge in [0.15, 0.2) is 0 Å². The van der Waals surface area contributed by atoms with Crippen LogP contribution in [0.15, 0.2) is 72.8 Å². The van der Waals surface area contributed by atoms with Crippen molar-refractivity contribution in [2.24, 2.45) is 0 Å². The van der Waals surface area contributed by atoms with Crippen molar-refractivity contribution >= 4 is 35.0 Å². The van der Waals surface area contributed by atoms with Crippen LogP contribution >= 0.6 is 23.2 Å². The summed E-state index contributed by atoms with van der Waals surface area (Å²) in [5.74, 6) is -0.330. The molecule has 6 heteroatoms. The lowest BCUT2D eigenvalue weighted by Crippen LogP contribution is -2.54. The lowest BCUT2D eigenvalue weighted by molar-refractivity contribution is -0.141. The molecule has 3 aromatic carbocycles. The Balaban J connectivity index is 2.00. The predicted molar refractivity (Wildman–Crippen MR) is 144 cm³/mol. The molecule has 0 heterocycles. The highest BCUT2D eigenvalue weighted by atomic mass is 35.5. The topological polar surface area (TPSA) is 49.4 Å². The molecule has 0 unspecified atom stereocenters. The number of halogens is 2. The van der Waals surface area contributed by atoms with Crippen LogP contribution in [0.5, 0.6) is 0 Å². The van der Waals surface area contributed by atoms with Gasteiger partial charge in [-0.05, 0) is 56.5 Å². The molecule has 0 saturated carbocycles. The van der Waals surface area contributed by atoms with Crippen molar-refractivity contribution in [1.82, 2.24) is 10.2 Å². The molecular formula is C29H32Cl2N2O2. The van der Waals surface area contributed by atoms with Crippen molar-refractivity contribution in [3.8, 4) is 0 Å². The van der Waals surface area contributed by atoms with Crippen LogP contribution in [-0.2, 0) is 29.0 Å². The largest absolute Gasteiger partial charge is 0.350 e. The van der Waals surface area contributed by atoms with E-state index in [0.29, 0.717) is 16.5 Å². The van der Waals surface area contributed by atoms with E-state index < -0.39 is 11.6 Å². The molecule has 1 N–H and O–H groups in total. The maximum atomic E-state index is 13.7. The molecule has 0 spiro atoms. The lowest BCUT2D eigenvalue weighted by Gasteiger charge is -2.34. The normalized spacial score (nSPS) is 12.2. The molecular weight excluding hydrogens is 479 g/mol. The Hall–Kier alpha value is -2.82. The van der Waals surface area contributed by atoms with E-state index in [2.05, 4.69) is 5.32 Å². The fourth-order valence-corrected chi connectivity index (χ4v) is 4.14. The number of amides is 2. The maximum Gasteiger partial charge on any atom is 0.243 e. The lowest BCUT2D eigenvalue weighted by atomic mass is 9.99. The van der Waals surface area contributed by atoms with Gasteiger partial charge in [-0.3, -0.25) is 9.59 Å². The van der Waals surface area contributed by atoms with E-state index in [9.17, 15) is 9.59 Å². The number of hydrogen-bond acceptors (Lipinski definition) is 2. The monoisotopic (exact) mass is 510 g/mol. The van der Waals surface area contributed by atoms with E-state index in [4.69, 9.17) is 23.2 Å². The SMILES string of the molecule is Cc1ccc(CC(=O)N(Cc2ccc(Cl)c(Cl)c2)[C@H](Cc2ccccc2)C(=O)NC(C)(C)C)cc1. The minimum atomic E-state index is -0.705. The Labute approximate surface area is 218 Å².